The van der Waals surface area contributed by atoms with Gasteiger partial charge in [-0.2, -0.15) is 9.50 Å². The maximum Gasteiger partial charge on any atom is 0.230 e. The molecule has 0 bridgehead atoms. The van der Waals surface area contributed by atoms with E-state index in [9.17, 15) is 10.2 Å². The highest BCUT2D eigenvalue weighted by Crippen LogP contribution is 2.41. The van der Waals surface area contributed by atoms with Crippen molar-refractivity contribution in [3.8, 4) is 17.5 Å². The number of furan rings is 1. The Hall–Kier alpha value is -2.39. The molecule has 2 N–H and O–H groups in total. The number of likely N-dealkylation sites (tertiary alicyclic amines) is 1. The van der Waals surface area contributed by atoms with Crippen LogP contribution in [0.1, 0.15) is 29.3 Å². The number of hydrogen-bond donors (Lipinski definition) is 2. The molecule has 1 aliphatic heterocycles. The zero-order valence-corrected chi connectivity index (χ0v) is 17.0. The highest BCUT2D eigenvalue weighted by molar-refractivity contribution is 7.17. The van der Waals surface area contributed by atoms with Gasteiger partial charge in [-0.15, -0.1) is 5.10 Å². The summed E-state index contributed by atoms with van der Waals surface area (Å²) in [4.78, 5) is 8.16. The SMILES string of the molecule is Oc1c([C@@H](c2ccc(Cl)cc2)N2CCC(O)CC2)sc2nc(-c3ccco3)nn12. The standard InChI is InChI=1S/C20H19ClN4O3S/c21-13-5-3-12(4-6-13)16(24-9-7-14(26)8-10-24)17-19(27)25-20(29-17)22-18(23-25)15-2-1-11-28-15/h1-6,11,14,16,26-27H,7-10H2/t16-/m1/s1. The van der Waals surface area contributed by atoms with Gasteiger partial charge in [-0.05, 0) is 42.7 Å². The molecule has 7 nitrogen and oxygen atoms in total. The first-order chi connectivity index (χ1) is 14.1. The molecule has 0 spiro atoms. The molecule has 5 rings (SSSR count). The topological polar surface area (TPSA) is 87.0 Å². The predicted molar refractivity (Wildman–Crippen MR) is 110 cm³/mol. The van der Waals surface area contributed by atoms with E-state index in [4.69, 9.17) is 16.0 Å². The smallest absolute Gasteiger partial charge is 0.230 e. The zero-order valence-electron chi connectivity index (χ0n) is 15.4. The minimum Gasteiger partial charge on any atom is -0.492 e. The summed E-state index contributed by atoms with van der Waals surface area (Å²) < 4.78 is 6.82. The van der Waals surface area contributed by atoms with E-state index in [2.05, 4.69) is 15.0 Å². The number of hydrogen-bond acceptors (Lipinski definition) is 7. The molecule has 1 fully saturated rings. The molecule has 0 saturated carbocycles. The monoisotopic (exact) mass is 430 g/mol. The van der Waals surface area contributed by atoms with Crippen molar-refractivity contribution in [2.24, 2.45) is 0 Å². The normalized spacial score (nSPS) is 17.2. The number of rotatable bonds is 4. The number of aliphatic hydroxyl groups is 1. The summed E-state index contributed by atoms with van der Waals surface area (Å²) in [5.74, 6) is 1.06. The second kappa shape index (κ2) is 7.46. The molecular formula is C20H19ClN4O3S. The van der Waals surface area contributed by atoms with Crippen LogP contribution < -0.4 is 0 Å². The molecule has 1 atom stereocenters. The lowest BCUT2D eigenvalue weighted by Crippen LogP contribution is -2.38. The Morgan fingerprint density at radius 1 is 1.17 bits per heavy atom. The molecule has 3 aromatic heterocycles. The van der Waals surface area contributed by atoms with Gasteiger partial charge in [0.05, 0.1) is 23.3 Å². The van der Waals surface area contributed by atoms with Crippen molar-refractivity contribution in [1.82, 2.24) is 19.5 Å². The highest BCUT2D eigenvalue weighted by atomic mass is 35.5. The fraction of sp³-hybridized carbons (Fsp3) is 0.300. The number of nitrogens with zero attached hydrogens (tertiary/aromatic N) is 4. The predicted octanol–water partition coefficient (Wildman–Crippen LogP) is 3.96. The molecule has 9 heteroatoms. The van der Waals surface area contributed by atoms with Crippen molar-refractivity contribution < 1.29 is 14.6 Å². The first-order valence-corrected chi connectivity index (χ1v) is 10.6. The Kier molecular flexibility index (Phi) is 4.79. The Labute approximate surface area is 175 Å². The van der Waals surface area contributed by atoms with E-state index in [1.807, 2.05) is 24.3 Å². The van der Waals surface area contributed by atoms with Crippen molar-refractivity contribution in [3.63, 3.8) is 0 Å². The summed E-state index contributed by atoms with van der Waals surface area (Å²) in [6.45, 7) is 1.47. The van der Waals surface area contributed by atoms with Crippen molar-refractivity contribution in [1.29, 1.82) is 0 Å². The number of halogens is 1. The Morgan fingerprint density at radius 2 is 1.93 bits per heavy atom. The average molecular weight is 431 g/mol. The number of aliphatic hydroxyl groups excluding tert-OH is 1. The number of piperidine rings is 1. The molecule has 0 unspecified atom stereocenters. The largest absolute Gasteiger partial charge is 0.492 e. The molecule has 4 heterocycles. The van der Waals surface area contributed by atoms with Crippen molar-refractivity contribution in [2.75, 3.05) is 13.1 Å². The summed E-state index contributed by atoms with van der Waals surface area (Å²) in [6, 6.07) is 11.0. The first kappa shape index (κ1) is 18.6. The Morgan fingerprint density at radius 3 is 2.59 bits per heavy atom. The van der Waals surface area contributed by atoms with Crippen LogP contribution in [0.25, 0.3) is 16.5 Å². The summed E-state index contributed by atoms with van der Waals surface area (Å²) in [5, 5.41) is 26.0. The van der Waals surface area contributed by atoms with Gasteiger partial charge in [0.25, 0.3) is 0 Å². The molecule has 4 aromatic rings. The van der Waals surface area contributed by atoms with E-state index >= 15 is 0 Å². The van der Waals surface area contributed by atoms with Gasteiger partial charge in [0.15, 0.2) is 5.76 Å². The van der Waals surface area contributed by atoms with Crippen LogP contribution in [0.15, 0.2) is 47.1 Å². The minimum atomic E-state index is -0.274. The van der Waals surface area contributed by atoms with E-state index in [1.165, 1.54) is 15.9 Å². The quantitative estimate of drug-likeness (QED) is 0.509. The highest BCUT2D eigenvalue weighted by Gasteiger charge is 2.32. The molecule has 1 aliphatic rings. The van der Waals surface area contributed by atoms with E-state index < -0.39 is 0 Å². The Bertz CT molecular complexity index is 1110. The van der Waals surface area contributed by atoms with Crippen molar-refractivity contribution in [3.05, 3.63) is 58.1 Å². The third-order valence-corrected chi connectivity index (χ3v) is 6.56. The lowest BCUT2D eigenvalue weighted by molar-refractivity contribution is 0.0689. The van der Waals surface area contributed by atoms with E-state index in [0.29, 0.717) is 34.4 Å². The second-order valence-electron chi connectivity index (χ2n) is 7.12. The van der Waals surface area contributed by atoms with Gasteiger partial charge < -0.3 is 14.6 Å². The van der Waals surface area contributed by atoms with Crippen LogP contribution in [0, 0.1) is 0 Å². The third kappa shape index (κ3) is 3.42. The second-order valence-corrected chi connectivity index (χ2v) is 8.56. The van der Waals surface area contributed by atoms with E-state index in [-0.39, 0.29) is 18.0 Å². The number of fused-ring (bicyclic) bond motifs is 1. The molecular weight excluding hydrogens is 412 g/mol. The maximum absolute atomic E-state index is 11.0. The minimum absolute atomic E-state index is 0.0707. The van der Waals surface area contributed by atoms with Crippen LogP contribution in [-0.4, -0.2) is 48.9 Å². The summed E-state index contributed by atoms with van der Waals surface area (Å²) in [5.41, 5.74) is 1.02. The van der Waals surface area contributed by atoms with Gasteiger partial charge in [0.1, 0.15) is 0 Å². The van der Waals surface area contributed by atoms with Gasteiger partial charge >= 0.3 is 0 Å². The number of aromatic nitrogens is 3. The van der Waals surface area contributed by atoms with E-state index in [1.54, 1.807) is 18.4 Å². The van der Waals surface area contributed by atoms with Crippen LogP contribution in [-0.2, 0) is 0 Å². The number of benzene rings is 1. The van der Waals surface area contributed by atoms with Crippen LogP contribution in [0.5, 0.6) is 5.88 Å². The van der Waals surface area contributed by atoms with Gasteiger partial charge in [-0.1, -0.05) is 35.1 Å². The molecule has 1 aromatic carbocycles. The fourth-order valence-corrected chi connectivity index (χ4v) is 5.00. The zero-order chi connectivity index (χ0) is 20.0. The summed E-state index contributed by atoms with van der Waals surface area (Å²) >= 11 is 7.49. The van der Waals surface area contributed by atoms with E-state index in [0.717, 1.165) is 23.5 Å². The molecule has 150 valence electrons. The molecule has 1 saturated heterocycles. The fourth-order valence-electron chi connectivity index (χ4n) is 3.76. The Balaban J connectivity index is 1.57. The molecule has 0 aliphatic carbocycles. The van der Waals surface area contributed by atoms with Crippen molar-refractivity contribution in [2.45, 2.75) is 25.0 Å². The average Bonchev–Trinajstić information content (AvgIpc) is 3.44. The number of thiazole rings is 1. The lowest BCUT2D eigenvalue weighted by Gasteiger charge is -2.36. The van der Waals surface area contributed by atoms with Crippen LogP contribution in [0.4, 0.5) is 0 Å². The first-order valence-electron chi connectivity index (χ1n) is 9.40. The molecule has 29 heavy (non-hydrogen) atoms. The molecule has 0 amide bonds. The summed E-state index contributed by atoms with van der Waals surface area (Å²) in [7, 11) is 0. The van der Waals surface area contributed by atoms with Gasteiger partial charge in [0.2, 0.25) is 16.7 Å². The summed E-state index contributed by atoms with van der Waals surface area (Å²) in [6.07, 6.45) is 2.70. The van der Waals surface area contributed by atoms with Gasteiger partial charge in [-0.25, -0.2) is 0 Å². The van der Waals surface area contributed by atoms with Gasteiger partial charge in [-0.3, -0.25) is 4.90 Å². The lowest BCUT2D eigenvalue weighted by atomic mass is 9.99. The van der Waals surface area contributed by atoms with Crippen LogP contribution in [0.3, 0.4) is 0 Å². The number of aromatic hydroxyl groups is 1. The maximum atomic E-state index is 11.0. The molecule has 0 radical (unpaired) electrons. The van der Waals surface area contributed by atoms with Crippen LogP contribution >= 0.6 is 22.9 Å². The van der Waals surface area contributed by atoms with Gasteiger partial charge in [0, 0.05) is 18.1 Å². The van der Waals surface area contributed by atoms with Crippen LogP contribution in [0.2, 0.25) is 5.02 Å². The van der Waals surface area contributed by atoms with Crippen molar-refractivity contribution >= 4 is 27.9 Å². The third-order valence-electron chi connectivity index (χ3n) is 5.24.